The van der Waals surface area contributed by atoms with E-state index >= 15 is 0 Å². The molecule has 2 aliphatic rings. The van der Waals surface area contributed by atoms with E-state index in [4.69, 9.17) is 0 Å². The summed E-state index contributed by atoms with van der Waals surface area (Å²) in [5.74, 6) is -5.85. The van der Waals surface area contributed by atoms with Crippen molar-refractivity contribution in [1.82, 2.24) is 0 Å². The van der Waals surface area contributed by atoms with Gasteiger partial charge in [0, 0.05) is 33.0 Å². The molecule has 0 fully saturated rings. The molecule has 0 spiro atoms. The summed E-state index contributed by atoms with van der Waals surface area (Å²) in [7, 11) is 0. The molecule has 0 atom stereocenters. The quantitative estimate of drug-likeness (QED) is 0.0708. The highest BCUT2D eigenvalue weighted by Crippen LogP contribution is 2.54. The van der Waals surface area contributed by atoms with Gasteiger partial charge in [-0.2, -0.15) is 10.2 Å². The van der Waals surface area contributed by atoms with E-state index in [0.29, 0.717) is 54.5 Å². The van der Waals surface area contributed by atoms with Crippen LogP contribution < -0.4 is 21.4 Å². The summed E-state index contributed by atoms with van der Waals surface area (Å²) in [6, 6.07) is 16.8. The van der Waals surface area contributed by atoms with Crippen LogP contribution in [-0.4, -0.2) is 66.6 Å². The van der Waals surface area contributed by atoms with Crippen molar-refractivity contribution in [2.75, 3.05) is 0 Å². The van der Waals surface area contributed by atoms with E-state index in [1.807, 2.05) is 0 Å². The number of nitrogens with zero attached hydrogens (tertiary/aromatic N) is 8. The van der Waals surface area contributed by atoms with E-state index < -0.39 is 46.3 Å². The van der Waals surface area contributed by atoms with Gasteiger partial charge in [-0.15, -0.1) is 10.2 Å². The Morgan fingerprint density at radius 3 is 1.18 bits per heavy atom. The predicted molar refractivity (Wildman–Crippen MR) is 232 cm³/mol. The molecule has 6 N–H and O–H groups in total. The number of rotatable bonds is 7. The normalized spacial score (nSPS) is 15.2. The third-order valence-electron chi connectivity index (χ3n) is 10.7. The number of benzene rings is 6. The Morgan fingerprint density at radius 1 is 0.500 bits per heavy atom. The molecular weight excluding hydrogens is 793 g/mol. The van der Waals surface area contributed by atoms with E-state index in [1.54, 1.807) is 102 Å². The van der Waals surface area contributed by atoms with Crippen molar-refractivity contribution < 1.29 is 40.2 Å². The average molecular weight is 831 g/mol. The number of fused-ring (bicyclic) bond motifs is 4. The minimum atomic E-state index is -0.744. The van der Waals surface area contributed by atoms with Crippen LogP contribution in [0.3, 0.4) is 0 Å². The third kappa shape index (κ3) is 6.67. The molecule has 62 heavy (non-hydrogen) atoms. The largest absolute Gasteiger partial charge is 0.507 e. The van der Waals surface area contributed by atoms with Gasteiger partial charge in [0.1, 0.15) is 11.5 Å². The Bertz CT molecular complexity index is 3160. The van der Waals surface area contributed by atoms with Gasteiger partial charge in [0.05, 0.1) is 45.0 Å². The molecule has 2 heterocycles. The van der Waals surface area contributed by atoms with Crippen molar-refractivity contribution in [2.45, 2.75) is 53.4 Å². The Kier molecular flexibility index (Phi) is 10.1. The smallest absolute Gasteiger partial charge is 0.317 e. The van der Waals surface area contributed by atoms with Crippen LogP contribution in [0, 0.1) is 13.8 Å². The lowest BCUT2D eigenvalue weighted by Gasteiger charge is -2.23. The second kappa shape index (κ2) is 15.5. The molecular formula is C46H38N8O8. The molecule has 2 aliphatic heterocycles. The number of amidine groups is 2. The minimum Gasteiger partial charge on any atom is -0.507 e. The molecule has 0 bridgehead atoms. The standard InChI is InChI=1S/C46H38N8O8/c1-19(2)31-23-15-21(5)33(39(57)35(23)25(37(55)41(31)59)17-47-53-43-45(61)51-29-13-9-7-11-27(29)49-43)34-22(6)16-24-32(20(3)4)42(60)38(56)26(36(24)40(34)58)18-48-54-44-46(62)52-30-14-10-8-12-28(30)50-44/h7-20,55-60H,1-6H3/b47-17+,48-18+,53-43+,54-44+. The minimum absolute atomic E-state index is 0.0382. The maximum absolute atomic E-state index is 12.7. The molecule has 16 heteroatoms. The van der Waals surface area contributed by atoms with Gasteiger partial charge < -0.3 is 30.6 Å². The van der Waals surface area contributed by atoms with E-state index in [-0.39, 0.29) is 56.5 Å². The number of hydrogen-bond acceptors (Lipinski definition) is 12. The van der Waals surface area contributed by atoms with Crippen LogP contribution in [0.15, 0.2) is 101 Å². The number of hydrogen-bond donors (Lipinski definition) is 6. The summed E-state index contributed by atoms with van der Waals surface area (Å²) in [6.07, 6.45) is 2.15. The van der Waals surface area contributed by atoms with Gasteiger partial charge in [0.15, 0.2) is 23.0 Å². The first-order chi connectivity index (χ1) is 29.6. The lowest BCUT2D eigenvalue weighted by atomic mass is 9.83. The monoisotopic (exact) mass is 830 g/mol. The van der Waals surface area contributed by atoms with Crippen molar-refractivity contribution in [3.63, 3.8) is 0 Å². The van der Waals surface area contributed by atoms with Crippen LogP contribution in [0.25, 0.3) is 32.7 Å². The molecule has 0 saturated carbocycles. The average Bonchev–Trinajstić information content (AvgIpc) is 3.22. The number of carbonyl (C=O) groups is 2. The fourth-order valence-corrected chi connectivity index (χ4v) is 7.99. The van der Waals surface area contributed by atoms with Gasteiger partial charge in [-0.3, -0.25) is 9.59 Å². The molecule has 8 rings (SSSR count). The van der Waals surface area contributed by atoms with Crippen LogP contribution in [0.2, 0.25) is 0 Å². The Hall–Kier alpha value is -8.14. The Labute approximate surface area is 351 Å². The number of aromatic hydroxyl groups is 6. The number of aryl methyl sites for hydroxylation is 2. The zero-order valence-corrected chi connectivity index (χ0v) is 34.2. The van der Waals surface area contributed by atoms with E-state index in [2.05, 4.69) is 40.4 Å². The molecule has 0 unspecified atom stereocenters. The van der Waals surface area contributed by atoms with Gasteiger partial charge in [-0.1, -0.05) is 64.1 Å². The molecule has 0 aromatic heterocycles. The van der Waals surface area contributed by atoms with Crippen molar-refractivity contribution in [2.24, 2.45) is 40.4 Å². The molecule has 6 aromatic carbocycles. The molecule has 0 saturated heterocycles. The second-order valence-electron chi connectivity index (χ2n) is 15.4. The van der Waals surface area contributed by atoms with Crippen molar-refractivity contribution >= 4 is 57.5 Å². The number of phenolic OH excluding ortho intramolecular Hbond substituents is 6. The Balaban J connectivity index is 1.36. The van der Waals surface area contributed by atoms with Crippen LogP contribution in [0.1, 0.15) is 72.9 Å². The molecule has 6 aromatic rings. The molecule has 310 valence electrons. The van der Waals surface area contributed by atoms with Gasteiger partial charge in [-0.05, 0) is 71.8 Å². The molecule has 0 radical (unpaired) electrons. The first-order valence-electron chi connectivity index (χ1n) is 19.4. The highest BCUT2D eigenvalue weighted by molar-refractivity contribution is 6.39. The zero-order valence-electron chi connectivity index (χ0n) is 34.2. The van der Waals surface area contributed by atoms with E-state index in [0.717, 1.165) is 12.4 Å². The van der Waals surface area contributed by atoms with Crippen molar-refractivity contribution in [3.8, 4) is 45.6 Å². The number of phenols is 6. The maximum atomic E-state index is 12.7. The van der Waals surface area contributed by atoms with Crippen LogP contribution in [0.4, 0.5) is 0 Å². The van der Waals surface area contributed by atoms with E-state index in [9.17, 15) is 40.2 Å². The molecule has 16 nitrogen and oxygen atoms in total. The lowest BCUT2D eigenvalue weighted by Crippen LogP contribution is -2.34. The highest BCUT2D eigenvalue weighted by Gasteiger charge is 2.30. The number of amides is 2. The predicted octanol–water partition coefficient (Wildman–Crippen LogP) is 5.18. The third-order valence-corrected chi connectivity index (χ3v) is 10.7. The second-order valence-corrected chi connectivity index (χ2v) is 15.4. The summed E-state index contributed by atoms with van der Waals surface area (Å²) >= 11 is 0. The summed E-state index contributed by atoms with van der Waals surface area (Å²) in [5, 5.41) is 88.8. The number of carbonyl (C=O) groups excluding carboxylic acids is 2. The van der Waals surface area contributed by atoms with Crippen molar-refractivity contribution in [3.05, 3.63) is 115 Å². The lowest BCUT2D eigenvalue weighted by molar-refractivity contribution is -0.113. The Morgan fingerprint density at radius 2 is 0.839 bits per heavy atom. The first kappa shape index (κ1) is 40.6. The zero-order chi connectivity index (χ0) is 44.3. The molecule has 2 amide bonds. The maximum Gasteiger partial charge on any atom is 0.317 e. The van der Waals surface area contributed by atoms with Crippen molar-refractivity contribution in [1.29, 1.82) is 0 Å². The summed E-state index contributed by atoms with van der Waals surface area (Å²) in [4.78, 5) is 41.9. The van der Waals surface area contributed by atoms with Gasteiger partial charge >= 0.3 is 11.8 Å². The van der Waals surface area contributed by atoms with Crippen LogP contribution >= 0.6 is 0 Å². The van der Waals surface area contributed by atoms with E-state index in [1.165, 1.54) is 0 Å². The van der Waals surface area contributed by atoms with Gasteiger partial charge in [-0.25, -0.2) is 20.0 Å². The van der Waals surface area contributed by atoms with Crippen LogP contribution in [-0.2, 0) is 9.59 Å². The highest BCUT2D eigenvalue weighted by atomic mass is 16.3. The SMILES string of the molecule is Cc1cc2c(C(C)C)c(O)c(O)c(/C=N/N=C3/N=c4ccccc4=NC3=O)c2c(O)c1-c1c(C)cc2c(C(C)C)c(O)c(O)c(/C=N/N=C3/N=c4ccccc4=NC3=O)c2c1O. The summed E-state index contributed by atoms with van der Waals surface area (Å²) < 4.78 is 0. The summed E-state index contributed by atoms with van der Waals surface area (Å²) in [5.41, 5.74) is 1.47. The number of para-hydroxylation sites is 4. The first-order valence-corrected chi connectivity index (χ1v) is 19.4. The summed E-state index contributed by atoms with van der Waals surface area (Å²) in [6.45, 7) is 10.6. The van der Waals surface area contributed by atoms with Crippen LogP contribution in [0.5, 0.6) is 34.5 Å². The fraction of sp³-hybridized carbons (Fsp3) is 0.174. The molecule has 0 aliphatic carbocycles. The topological polar surface area (TPSA) is 254 Å². The van der Waals surface area contributed by atoms with Gasteiger partial charge in [0.2, 0.25) is 11.7 Å². The fourth-order valence-electron chi connectivity index (χ4n) is 7.99. The van der Waals surface area contributed by atoms with Gasteiger partial charge in [0.25, 0.3) is 0 Å².